The van der Waals surface area contributed by atoms with Crippen LogP contribution in [0.1, 0.15) is 22.5 Å². The van der Waals surface area contributed by atoms with Gasteiger partial charge in [-0.15, -0.1) is 0 Å². The van der Waals surface area contributed by atoms with Crippen LogP contribution in [0.2, 0.25) is 5.02 Å². The second kappa shape index (κ2) is 6.10. The minimum atomic E-state index is -0.859. The van der Waals surface area contributed by atoms with E-state index in [1.54, 1.807) is 4.68 Å². The van der Waals surface area contributed by atoms with Gasteiger partial charge in [-0.25, -0.2) is 0 Å². The largest absolute Gasteiger partial charge is 0.480 e. The van der Waals surface area contributed by atoms with Crippen molar-refractivity contribution in [2.24, 2.45) is 0 Å². The zero-order valence-electron chi connectivity index (χ0n) is 12.4. The quantitative estimate of drug-likeness (QED) is 0.938. The van der Waals surface area contributed by atoms with Gasteiger partial charge in [-0.1, -0.05) is 23.7 Å². The lowest BCUT2D eigenvalue weighted by Gasteiger charge is -2.23. The van der Waals surface area contributed by atoms with Crippen molar-refractivity contribution in [3.8, 4) is 0 Å². The summed E-state index contributed by atoms with van der Waals surface area (Å²) in [6, 6.07) is 7.70. The number of carbonyl (C=O) groups is 1. The summed E-state index contributed by atoms with van der Waals surface area (Å²) in [6.07, 6.45) is 1.53. The molecule has 2 heterocycles. The van der Waals surface area contributed by atoms with Crippen LogP contribution in [-0.2, 0) is 30.7 Å². The Morgan fingerprint density at radius 2 is 2.09 bits per heavy atom. The van der Waals surface area contributed by atoms with Crippen molar-refractivity contribution in [2.45, 2.75) is 25.9 Å². The van der Waals surface area contributed by atoms with E-state index in [1.807, 2.05) is 24.3 Å². The number of carboxylic acids is 1. The van der Waals surface area contributed by atoms with Crippen LogP contribution in [0.4, 0.5) is 0 Å². The summed E-state index contributed by atoms with van der Waals surface area (Å²) < 4.78 is 1.65. The number of hydrogen-bond donors (Lipinski definition) is 1. The predicted molar refractivity (Wildman–Crippen MR) is 84.2 cm³/mol. The maximum absolute atomic E-state index is 11.0. The van der Waals surface area contributed by atoms with Gasteiger partial charge in [0.25, 0.3) is 0 Å². The van der Waals surface area contributed by atoms with Crippen molar-refractivity contribution in [1.82, 2.24) is 14.7 Å². The number of aliphatic carboxylic acids is 1. The molecule has 2 aromatic rings. The molecule has 1 aliphatic rings. The SMILES string of the molecule is CN1CCc2c(c(Cc3ccc(Cl)cc3)nn2CC(=O)O)C1. The molecular formula is C16H18ClN3O2. The third kappa shape index (κ3) is 3.15. The molecule has 3 rings (SSSR count). The van der Waals surface area contributed by atoms with Gasteiger partial charge in [-0.05, 0) is 24.7 Å². The van der Waals surface area contributed by atoms with E-state index in [0.717, 1.165) is 36.5 Å². The average molecular weight is 320 g/mol. The van der Waals surface area contributed by atoms with Crippen molar-refractivity contribution >= 4 is 17.6 Å². The van der Waals surface area contributed by atoms with E-state index in [2.05, 4.69) is 17.0 Å². The van der Waals surface area contributed by atoms with Crippen molar-refractivity contribution in [2.75, 3.05) is 13.6 Å². The van der Waals surface area contributed by atoms with Gasteiger partial charge in [0.05, 0.1) is 5.69 Å². The number of nitrogens with zero attached hydrogens (tertiary/aromatic N) is 3. The molecule has 1 aromatic carbocycles. The highest BCUT2D eigenvalue weighted by atomic mass is 35.5. The van der Waals surface area contributed by atoms with Gasteiger partial charge in [-0.3, -0.25) is 9.48 Å². The molecule has 0 saturated carbocycles. The first-order chi connectivity index (χ1) is 10.5. The van der Waals surface area contributed by atoms with Crippen LogP contribution >= 0.6 is 11.6 Å². The summed E-state index contributed by atoms with van der Waals surface area (Å²) in [5, 5.41) is 14.3. The molecule has 6 heteroatoms. The maximum Gasteiger partial charge on any atom is 0.325 e. The lowest BCUT2D eigenvalue weighted by Crippen LogP contribution is -2.28. The highest BCUT2D eigenvalue weighted by molar-refractivity contribution is 6.30. The minimum absolute atomic E-state index is 0.0767. The summed E-state index contributed by atoms with van der Waals surface area (Å²) in [5.41, 5.74) is 4.32. The van der Waals surface area contributed by atoms with E-state index in [-0.39, 0.29) is 6.54 Å². The Morgan fingerprint density at radius 3 is 2.77 bits per heavy atom. The van der Waals surface area contributed by atoms with Gasteiger partial charge >= 0.3 is 5.97 Å². The van der Waals surface area contributed by atoms with Crippen molar-refractivity contribution in [3.05, 3.63) is 51.8 Å². The molecule has 0 radical (unpaired) electrons. The Morgan fingerprint density at radius 1 is 1.36 bits per heavy atom. The number of hydrogen-bond acceptors (Lipinski definition) is 3. The minimum Gasteiger partial charge on any atom is -0.480 e. The predicted octanol–water partition coefficient (Wildman–Crippen LogP) is 2.20. The summed E-state index contributed by atoms with van der Waals surface area (Å²) in [4.78, 5) is 13.3. The molecule has 1 N–H and O–H groups in total. The van der Waals surface area contributed by atoms with Crippen LogP contribution in [-0.4, -0.2) is 39.3 Å². The standard InChI is InChI=1S/C16H18ClN3O2/c1-19-7-6-15-13(9-19)14(18-20(15)10-16(21)22)8-11-2-4-12(17)5-3-11/h2-5H,6-10H2,1H3,(H,21,22). The fraction of sp³-hybridized carbons (Fsp3) is 0.375. The third-order valence-corrected chi connectivity index (χ3v) is 4.23. The van der Waals surface area contributed by atoms with Crippen LogP contribution in [0.3, 0.4) is 0 Å². The highest BCUT2D eigenvalue weighted by Gasteiger charge is 2.24. The number of fused-ring (bicyclic) bond motifs is 1. The van der Waals surface area contributed by atoms with Crippen LogP contribution in [0.5, 0.6) is 0 Å². The molecule has 0 atom stereocenters. The molecule has 0 unspecified atom stereocenters. The van der Waals surface area contributed by atoms with E-state index in [9.17, 15) is 4.79 Å². The molecule has 0 saturated heterocycles. The van der Waals surface area contributed by atoms with E-state index in [1.165, 1.54) is 5.56 Å². The Kier molecular flexibility index (Phi) is 4.18. The summed E-state index contributed by atoms with van der Waals surface area (Å²) >= 11 is 5.92. The molecule has 0 bridgehead atoms. The molecule has 0 amide bonds. The Labute approximate surface area is 134 Å². The Hall–Kier alpha value is -1.85. The maximum atomic E-state index is 11.0. The van der Waals surface area contributed by atoms with Crippen LogP contribution in [0.15, 0.2) is 24.3 Å². The first-order valence-electron chi connectivity index (χ1n) is 7.25. The molecular weight excluding hydrogens is 302 g/mol. The number of rotatable bonds is 4. The molecule has 22 heavy (non-hydrogen) atoms. The lowest BCUT2D eigenvalue weighted by molar-refractivity contribution is -0.137. The Bertz CT molecular complexity index is 694. The highest BCUT2D eigenvalue weighted by Crippen LogP contribution is 2.24. The molecule has 5 nitrogen and oxygen atoms in total. The second-order valence-electron chi connectivity index (χ2n) is 5.71. The molecule has 1 aromatic heterocycles. The molecule has 0 spiro atoms. The second-order valence-corrected chi connectivity index (χ2v) is 6.15. The molecule has 116 valence electrons. The normalized spacial score (nSPS) is 14.8. The smallest absolute Gasteiger partial charge is 0.325 e. The van der Waals surface area contributed by atoms with Gasteiger partial charge < -0.3 is 10.0 Å². The average Bonchev–Trinajstić information content (AvgIpc) is 2.78. The first kappa shape index (κ1) is 15.1. The fourth-order valence-electron chi connectivity index (χ4n) is 2.89. The van der Waals surface area contributed by atoms with Crippen LogP contribution in [0, 0.1) is 0 Å². The number of benzene rings is 1. The van der Waals surface area contributed by atoms with Crippen molar-refractivity contribution in [1.29, 1.82) is 0 Å². The van der Waals surface area contributed by atoms with Crippen molar-refractivity contribution < 1.29 is 9.90 Å². The fourth-order valence-corrected chi connectivity index (χ4v) is 3.02. The molecule has 0 fully saturated rings. The van der Waals surface area contributed by atoms with Gasteiger partial charge in [0, 0.05) is 42.2 Å². The monoisotopic (exact) mass is 319 g/mol. The van der Waals surface area contributed by atoms with Crippen molar-refractivity contribution in [3.63, 3.8) is 0 Å². The Balaban J connectivity index is 1.94. The summed E-state index contributed by atoms with van der Waals surface area (Å²) in [6.45, 7) is 1.67. The number of aromatic nitrogens is 2. The first-order valence-corrected chi connectivity index (χ1v) is 7.63. The zero-order chi connectivity index (χ0) is 15.7. The molecule has 0 aliphatic carbocycles. The van der Waals surface area contributed by atoms with Crippen LogP contribution < -0.4 is 0 Å². The van der Waals surface area contributed by atoms with E-state index < -0.39 is 5.97 Å². The van der Waals surface area contributed by atoms with E-state index in [0.29, 0.717) is 11.4 Å². The lowest BCUT2D eigenvalue weighted by atomic mass is 10.0. The molecule has 1 aliphatic heterocycles. The number of halogens is 1. The number of carboxylic acid groups (broad SMARTS) is 1. The summed E-state index contributed by atoms with van der Waals surface area (Å²) in [7, 11) is 2.07. The van der Waals surface area contributed by atoms with E-state index in [4.69, 9.17) is 16.7 Å². The zero-order valence-corrected chi connectivity index (χ0v) is 13.2. The van der Waals surface area contributed by atoms with Gasteiger partial charge in [0.2, 0.25) is 0 Å². The van der Waals surface area contributed by atoms with Gasteiger partial charge in [0.15, 0.2) is 0 Å². The topological polar surface area (TPSA) is 58.4 Å². The third-order valence-electron chi connectivity index (χ3n) is 3.98. The van der Waals surface area contributed by atoms with Gasteiger partial charge in [-0.2, -0.15) is 5.10 Å². The van der Waals surface area contributed by atoms with Gasteiger partial charge in [0.1, 0.15) is 6.54 Å². The van der Waals surface area contributed by atoms with Crippen LogP contribution in [0.25, 0.3) is 0 Å². The summed E-state index contributed by atoms with van der Waals surface area (Å²) in [5.74, 6) is -0.859. The number of likely N-dealkylation sites (N-methyl/N-ethyl adjacent to an activating group) is 1. The van der Waals surface area contributed by atoms with E-state index >= 15 is 0 Å².